The maximum atomic E-state index is 12.4. The number of phenolic OH excluding ortho intramolecular Hbond substituents is 1. The zero-order chi connectivity index (χ0) is 15.6. The van der Waals surface area contributed by atoms with Crippen molar-refractivity contribution < 1.29 is 23.4 Å². The summed E-state index contributed by atoms with van der Waals surface area (Å²) in [4.78, 5) is 14.3. The van der Waals surface area contributed by atoms with Crippen molar-refractivity contribution in [3.63, 3.8) is 0 Å². The lowest BCUT2D eigenvalue weighted by atomic mass is 10.3. The van der Waals surface area contributed by atoms with Crippen molar-refractivity contribution in [2.24, 2.45) is 0 Å². The lowest BCUT2D eigenvalue weighted by Gasteiger charge is -2.18. The number of hydrogen-bond acceptors (Lipinski definition) is 5. The van der Waals surface area contributed by atoms with E-state index in [1.165, 1.54) is 43.4 Å². The number of aromatic hydroxyl groups is 1. The molecule has 0 aliphatic carbocycles. The summed E-state index contributed by atoms with van der Waals surface area (Å²) in [5.74, 6) is -1.48. The first-order valence-electron chi connectivity index (χ1n) is 5.80. The van der Waals surface area contributed by atoms with E-state index >= 15 is 0 Å². The molecule has 110 valence electrons. The van der Waals surface area contributed by atoms with Crippen molar-refractivity contribution in [1.29, 1.82) is 0 Å². The molecule has 0 amide bonds. The molecule has 0 aliphatic rings. The first-order valence-corrected chi connectivity index (χ1v) is 7.24. The molecule has 1 aromatic heterocycles. The van der Waals surface area contributed by atoms with E-state index in [-0.39, 0.29) is 22.0 Å². The summed E-state index contributed by atoms with van der Waals surface area (Å²) in [5, 5.41) is 18.4. The number of aromatic carboxylic acids is 1. The Morgan fingerprint density at radius 1 is 1.19 bits per heavy atom. The molecule has 2 rings (SSSR count). The molecule has 1 heterocycles. The fourth-order valence-electron chi connectivity index (χ4n) is 1.64. The molecule has 0 saturated carbocycles. The molecule has 7 nitrogen and oxygen atoms in total. The largest absolute Gasteiger partial charge is 0.507 e. The number of carboxylic acids is 1. The highest BCUT2D eigenvalue weighted by Crippen LogP contribution is 2.26. The molecule has 2 N–H and O–H groups in total. The summed E-state index contributed by atoms with van der Waals surface area (Å²) in [7, 11) is -2.71. The quantitative estimate of drug-likeness (QED) is 0.881. The third-order valence-electron chi connectivity index (χ3n) is 2.82. The van der Waals surface area contributed by atoms with Crippen LogP contribution in [0.25, 0.3) is 0 Å². The van der Waals surface area contributed by atoms with Crippen LogP contribution in [-0.4, -0.2) is 36.6 Å². The molecule has 2 aromatic rings. The number of rotatable bonds is 4. The molecule has 0 bridgehead atoms. The van der Waals surface area contributed by atoms with E-state index in [2.05, 4.69) is 4.98 Å². The lowest BCUT2D eigenvalue weighted by molar-refractivity contribution is 0.0696. The fourth-order valence-corrected chi connectivity index (χ4v) is 2.88. The van der Waals surface area contributed by atoms with Crippen LogP contribution < -0.4 is 4.31 Å². The molecule has 21 heavy (non-hydrogen) atoms. The normalized spacial score (nSPS) is 11.1. The minimum atomic E-state index is -3.98. The summed E-state index contributed by atoms with van der Waals surface area (Å²) in [5.41, 5.74) is -0.0490. The van der Waals surface area contributed by atoms with E-state index in [9.17, 15) is 18.3 Å². The van der Waals surface area contributed by atoms with Gasteiger partial charge in [-0.25, -0.2) is 18.2 Å². The zero-order valence-electron chi connectivity index (χ0n) is 11.0. The van der Waals surface area contributed by atoms with Crippen molar-refractivity contribution in [3.8, 4) is 5.75 Å². The molecule has 8 heteroatoms. The van der Waals surface area contributed by atoms with Gasteiger partial charge < -0.3 is 10.2 Å². The third kappa shape index (κ3) is 2.79. The van der Waals surface area contributed by atoms with Crippen LogP contribution in [0.5, 0.6) is 5.75 Å². The Morgan fingerprint density at radius 3 is 2.38 bits per heavy atom. The predicted molar refractivity (Wildman–Crippen MR) is 74.9 cm³/mol. The Hall–Kier alpha value is -2.61. The minimum Gasteiger partial charge on any atom is -0.507 e. The third-order valence-corrected chi connectivity index (χ3v) is 4.63. The van der Waals surface area contributed by atoms with Gasteiger partial charge in [-0.05, 0) is 24.3 Å². The Labute approximate surface area is 121 Å². The highest BCUT2D eigenvalue weighted by molar-refractivity contribution is 7.92. The Bertz CT molecular complexity index is 771. The second-order valence-corrected chi connectivity index (χ2v) is 6.09. The van der Waals surface area contributed by atoms with Gasteiger partial charge in [-0.3, -0.25) is 4.31 Å². The van der Waals surface area contributed by atoms with E-state index in [1.54, 1.807) is 0 Å². The highest BCUT2D eigenvalue weighted by Gasteiger charge is 2.25. The number of carboxylic acid groups (broad SMARTS) is 1. The van der Waals surface area contributed by atoms with Crippen LogP contribution in [0.4, 0.5) is 5.82 Å². The van der Waals surface area contributed by atoms with Crippen LogP contribution in [0.15, 0.2) is 47.5 Å². The van der Waals surface area contributed by atoms with E-state index in [0.717, 1.165) is 10.5 Å². The fraction of sp³-hybridized carbons (Fsp3) is 0.0769. The van der Waals surface area contributed by atoms with Gasteiger partial charge >= 0.3 is 5.97 Å². The van der Waals surface area contributed by atoms with Gasteiger partial charge in [0.05, 0.1) is 5.56 Å². The van der Waals surface area contributed by atoms with E-state index in [1.807, 2.05) is 0 Å². The first kappa shape index (κ1) is 14.8. The second kappa shape index (κ2) is 5.41. The standard InChI is InChI=1S/C13H12N2O5S/c1-15(12-7-6-9(8-14-12)13(17)18)21(19,20)11-5-3-2-4-10(11)16/h2-8,16H,1H3,(H,17,18). The van der Waals surface area contributed by atoms with Crippen molar-refractivity contribution in [2.75, 3.05) is 11.4 Å². The van der Waals surface area contributed by atoms with Gasteiger partial charge in [-0.15, -0.1) is 0 Å². The average molecular weight is 308 g/mol. The number of aromatic nitrogens is 1. The number of anilines is 1. The lowest BCUT2D eigenvalue weighted by Crippen LogP contribution is -2.27. The smallest absolute Gasteiger partial charge is 0.337 e. The summed E-state index contributed by atoms with van der Waals surface area (Å²) in [6.45, 7) is 0. The molecule has 0 atom stereocenters. The number of hydrogen-bond donors (Lipinski definition) is 2. The number of benzene rings is 1. The molecule has 1 aromatic carbocycles. The first-order chi connectivity index (χ1) is 9.84. The van der Waals surface area contributed by atoms with Gasteiger partial charge in [0.15, 0.2) is 0 Å². The van der Waals surface area contributed by atoms with Gasteiger partial charge in [-0.2, -0.15) is 0 Å². The number of phenols is 1. The average Bonchev–Trinajstić information content (AvgIpc) is 2.46. The maximum Gasteiger partial charge on any atom is 0.337 e. The molecule has 0 spiro atoms. The van der Waals surface area contributed by atoms with Crippen LogP contribution in [0.2, 0.25) is 0 Å². The Kier molecular flexibility index (Phi) is 3.81. The summed E-state index contributed by atoms with van der Waals surface area (Å²) in [6.07, 6.45) is 1.06. The maximum absolute atomic E-state index is 12.4. The van der Waals surface area contributed by atoms with Crippen LogP contribution in [0.1, 0.15) is 10.4 Å². The Balaban J connectivity index is 2.41. The second-order valence-electron chi connectivity index (χ2n) is 4.15. The molecule has 0 unspecified atom stereocenters. The van der Waals surface area contributed by atoms with E-state index in [0.29, 0.717) is 0 Å². The number of pyridine rings is 1. The summed E-state index contributed by atoms with van der Waals surface area (Å²) in [6, 6.07) is 8.06. The number of sulfonamides is 1. The monoisotopic (exact) mass is 308 g/mol. The topological polar surface area (TPSA) is 108 Å². The van der Waals surface area contributed by atoms with Crippen LogP contribution >= 0.6 is 0 Å². The summed E-state index contributed by atoms with van der Waals surface area (Å²) < 4.78 is 25.6. The van der Waals surface area contributed by atoms with Crippen molar-refractivity contribution in [3.05, 3.63) is 48.2 Å². The molecule has 0 saturated heterocycles. The van der Waals surface area contributed by atoms with Crippen molar-refractivity contribution >= 4 is 21.8 Å². The van der Waals surface area contributed by atoms with Crippen molar-refractivity contribution in [2.45, 2.75) is 4.90 Å². The number of nitrogens with zero attached hydrogens (tertiary/aromatic N) is 2. The number of para-hydroxylation sites is 1. The van der Waals surface area contributed by atoms with Crippen LogP contribution in [0.3, 0.4) is 0 Å². The van der Waals surface area contributed by atoms with E-state index in [4.69, 9.17) is 5.11 Å². The van der Waals surface area contributed by atoms with Crippen LogP contribution in [-0.2, 0) is 10.0 Å². The number of carbonyl (C=O) groups is 1. The minimum absolute atomic E-state index is 0.0447. The SMILES string of the molecule is CN(c1ccc(C(=O)O)cn1)S(=O)(=O)c1ccccc1O. The van der Waals surface area contributed by atoms with Crippen molar-refractivity contribution in [1.82, 2.24) is 4.98 Å². The van der Waals surface area contributed by atoms with Gasteiger partial charge in [-0.1, -0.05) is 12.1 Å². The van der Waals surface area contributed by atoms with Gasteiger partial charge in [0.1, 0.15) is 16.5 Å². The molecule has 0 radical (unpaired) electrons. The van der Waals surface area contributed by atoms with Gasteiger partial charge in [0.2, 0.25) is 0 Å². The Morgan fingerprint density at radius 2 is 1.86 bits per heavy atom. The van der Waals surface area contributed by atoms with Crippen LogP contribution in [0, 0.1) is 0 Å². The zero-order valence-corrected chi connectivity index (χ0v) is 11.8. The molecule has 0 fully saturated rings. The molecular weight excluding hydrogens is 296 g/mol. The van der Waals surface area contributed by atoms with E-state index < -0.39 is 16.0 Å². The van der Waals surface area contributed by atoms with Gasteiger partial charge in [0.25, 0.3) is 10.0 Å². The van der Waals surface area contributed by atoms with Gasteiger partial charge in [0, 0.05) is 13.2 Å². The molecular formula is C13H12N2O5S. The predicted octanol–water partition coefficient (Wildman–Crippen LogP) is 1.31. The summed E-state index contributed by atoms with van der Waals surface area (Å²) >= 11 is 0. The molecule has 0 aliphatic heterocycles. The highest BCUT2D eigenvalue weighted by atomic mass is 32.2.